The minimum Gasteiger partial charge on any atom is -0.462 e. The molecule has 1 amide bonds. The maximum absolute atomic E-state index is 10.7. The average Bonchev–Trinajstić information content (AvgIpc) is 2.32. The van der Waals surface area contributed by atoms with Crippen molar-refractivity contribution in [1.82, 2.24) is 0 Å². The molecule has 0 atom stereocenters. The number of amides is 1. The van der Waals surface area contributed by atoms with E-state index in [1.54, 1.807) is 0 Å². The second-order valence-electron chi connectivity index (χ2n) is 4.02. The fourth-order valence-corrected chi connectivity index (χ4v) is 1.70. The van der Waals surface area contributed by atoms with E-state index in [0.29, 0.717) is 5.76 Å². The first-order valence-corrected chi connectivity index (χ1v) is 5.58. The molecule has 0 saturated heterocycles. The zero-order valence-electron chi connectivity index (χ0n) is 9.52. The topological polar surface area (TPSA) is 61.6 Å². The Kier molecular flexibility index (Phi) is 3.65. The molecule has 17 heavy (non-hydrogen) atoms. The van der Waals surface area contributed by atoms with Gasteiger partial charge in [-0.15, -0.1) is 0 Å². The number of ether oxygens (including phenoxy) is 2. The van der Waals surface area contributed by atoms with Crippen LogP contribution in [-0.2, 0) is 14.3 Å². The Morgan fingerprint density at radius 2 is 2.06 bits per heavy atom. The number of carbonyl (C=O) groups is 1. The molecule has 4 nitrogen and oxygen atoms in total. The molecule has 1 heterocycles. The molecule has 0 radical (unpaired) electrons. The third-order valence-corrected chi connectivity index (χ3v) is 2.53. The zero-order chi connectivity index (χ0) is 12.1. The SMILES string of the molecule is NC(=O)CC1=COC(CC2=CC=CCC2)=CO1. The van der Waals surface area contributed by atoms with Gasteiger partial charge in [-0.05, 0) is 12.8 Å². The number of rotatable bonds is 4. The van der Waals surface area contributed by atoms with Crippen molar-refractivity contribution in [2.45, 2.75) is 25.7 Å². The number of hydrogen-bond donors (Lipinski definition) is 1. The van der Waals surface area contributed by atoms with Crippen molar-refractivity contribution in [3.8, 4) is 0 Å². The Bertz CT molecular complexity index is 430. The summed E-state index contributed by atoms with van der Waals surface area (Å²) in [5, 5.41) is 0. The van der Waals surface area contributed by atoms with Crippen LogP contribution < -0.4 is 5.73 Å². The molecule has 0 aromatic rings. The molecule has 2 rings (SSSR count). The Balaban J connectivity index is 1.86. The van der Waals surface area contributed by atoms with Crippen molar-refractivity contribution >= 4 is 5.91 Å². The predicted octanol–water partition coefficient (Wildman–Crippen LogP) is 2.26. The van der Waals surface area contributed by atoms with E-state index in [4.69, 9.17) is 15.2 Å². The molecular formula is C13H15NO3. The smallest absolute Gasteiger partial charge is 0.225 e. The third kappa shape index (κ3) is 3.52. The summed E-state index contributed by atoms with van der Waals surface area (Å²) in [6.45, 7) is 0. The largest absolute Gasteiger partial charge is 0.462 e. The highest BCUT2D eigenvalue weighted by molar-refractivity contribution is 5.76. The second kappa shape index (κ2) is 5.39. The van der Waals surface area contributed by atoms with Crippen LogP contribution in [0.5, 0.6) is 0 Å². The van der Waals surface area contributed by atoms with Gasteiger partial charge in [0.25, 0.3) is 0 Å². The van der Waals surface area contributed by atoms with Crippen LogP contribution in [0.4, 0.5) is 0 Å². The molecule has 0 aromatic heterocycles. The molecule has 90 valence electrons. The Morgan fingerprint density at radius 3 is 2.65 bits per heavy atom. The standard InChI is InChI=1S/C13H15NO3/c14-13(15)7-12-9-16-11(8-17-12)6-10-4-2-1-3-5-10/h1-2,4,8-9H,3,5-7H2,(H2,14,15). The van der Waals surface area contributed by atoms with Crippen LogP contribution in [-0.4, -0.2) is 5.91 Å². The minimum atomic E-state index is -0.433. The Labute approximate surface area is 100 Å². The molecule has 0 fully saturated rings. The summed E-state index contributed by atoms with van der Waals surface area (Å²) >= 11 is 0. The van der Waals surface area contributed by atoms with Gasteiger partial charge in [0.15, 0.2) is 0 Å². The minimum absolute atomic E-state index is 0.0647. The van der Waals surface area contributed by atoms with Crippen molar-refractivity contribution in [3.63, 3.8) is 0 Å². The van der Waals surface area contributed by atoms with Crippen molar-refractivity contribution < 1.29 is 14.3 Å². The van der Waals surface area contributed by atoms with Crippen LogP contribution in [0.25, 0.3) is 0 Å². The molecule has 1 aliphatic heterocycles. The predicted molar refractivity (Wildman–Crippen MR) is 63.2 cm³/mol. The summed E-state index contributed by atoms with van der Waals surface area (Å²) in [5.74, 6) is 0.760. The number of carbonyl (C=O) groups excluding carboxylic acids is 1. The van der Waals surface area contributed by atoms with Crippen LogP contribution in [0, 0.1) is 0 Å². The molecule has 2 N–H and O–H groups in total. The molecule has 0 spiro atoms. The van der Waals surface area contributed by atoms with E-state index in [2.05, 4.69) is 18.2 Å². The summed E-state index contributed by atoms with van der Waals surface area (Å²) < 4.78 is 10.7. The molecule has 1 aliphatic carbocycles. The van der Waals surface area contributed by atoms with Gasteiger partial charge in [0.05, 0.1) is 6.42 Å². The molecular weight excluding hydrogens is 218 g/mol. The van der Waals surface area contributed by atoms with Crippen molar-refractivity contribution in [1.29, 1.82) is 0 Å². The van der Waals surface area contributed by atoms with Gasteiger partial charge in [-0.3, -0.25) is 4.79 Å². The van der Waals surface area contributed by atoms with E-state index < -0.39 is 5.91 Å². The second-order valence-corrected chi connectivity index (χ2v) is 4.02. The van der Waals surface area contributed by atoms with E-state index in [1.165, 1.54) is 18.1 Å². The Morgan fingerprint density at radius 1 is 1.29 bits per heavy atom. The third-order valence-electron chi connectivity index (χ3n) is 2.53. The van der Waals surface area contributed by atoms with Crippen LogP contribution in [0.1, 0.15) is 25.7 Å². The van der Waals surface area contributed by atoms with E-state index in [0.717, 1.165) is 25.0 Å². The number of allylic oxidation sites excluding steroid dienone is 4. The molecule has 4 heteroatoms. The highest BCUT2D eigenvalue weighted by atomic mass is 16.5. The maximum atomic E-state index is 10.7. The first-order chi connectivity index (χ1) is 8.24. The molecule has 0 saturated carbocycles. The number of primary amides is 1. The number of nitrogens with two attached hydrogens (primary N) is 1. The van der Waals surface area contributed by atoms with Crippen LogP contribution in [0.2, 0.25) is 0 Å². The van der Waals surface area contributed by atoms with Crippen molar-refractivity contribution in [3.05, 3.63) is 47.8 Å². The summed E-state index contributed by atoms with van der Waals surface area (Å²) in [6.07, 6.45) is 12.2. The van der Waals surface area contributed by atoms with E-state index >= 15 is 0 Å². The fourth-order valence-electron chi connectivity index (χ4n) is 1.70. The lowest BCUT2D eigenvalue weighted by molar-refractivity contribution is -0.117. The zero-order valence-corrected chi connectivity index (χ0v) is 9.52. The summed E-state index contributed by atoms with van der Waals surface area (Å²) in [4.78, 5) is 10.7. The summed E-state index contributed by atoms with van der Waals surface area (Å²) in [5.41, 5.74) is 6.37. The van der Waals surface area contributed by atoms with Gasteiger partial charge in [-0.2, -0.15) is 0 Å². The lowest BCUT2D eigenvalue weighted by Gasteiger charge is -2.16. The normalized spacial score (nSPS) is 18.5. The maximum Gasteiger partial charge on any atom is 0.225 e. The quantitative estimate of drug-likeness (QED) is 0.810. The lowest BCUT2D eigenvalue weighted by Crippen LogP contribution is -2.13. The first kappa shape index (κ1) is 11.5. The summed E-state index contributed by atoms with van der Waals surface area (Å²) in [7, 11) is 0. The summed E-state index contributed by atoms with van der Waals surface area (Å²) in [6, 6.07) is 0. The molecule has 0 aromatic carbocycles. The van der Waals surface area contributed by atoms with Crippen molar-refractivity contribution in [2.24, 2.45) is 5.73 Å². The Hall–Kier alpha value is -1.97. The van der Waals surface area contributed by atoms with Gasteiger partial charge in [0.1, 0.15) is 24.0 Å². The molecule has 0 unspecified atom stereocenters. The van der Waals surface area contributed by atoms with Crippen LogP contribution in [0.3, 0.4) is 0 Å². The van der Waals surface area contributed by atoms with Gasteiger partial charge < -0.3 is 15.2 Å². The van der Waals surface area contributed by atoms with Gasteiger partial charge >= 0.3 is 0 Å². The van der Waals surface area contributed by atoms with Crippen molar-refractivity contribution in [2.75, 3.05) is 0 Å². The van der Waals surface area contributed by atoms with E-state index in [9.17, 15) is 4.79 Å². The highest BCUT2D eigenvalue weighted by Crippen LogP contribution is 2.24. The number of hydrogen-bond acceptors (Lipinski definition) is 3. The van der Waals surface area contributed by atoms with Crippen LogP contribution in [0.15, 0.2) is 47.8 Å². The van der Waals surface area contributed by atoms with Gasteiger partial charge in [-0.1, -0.05) is 23.8 Å². The fraction of sp³-hybridized carbons (Fsp3) is 0.308. The first-order valence-electron chi connectivity index (χ1n) is 5.58. The van der Waals surface area contributed by atoms with Crippen LogP contribution >= 0.6 is 0 Å². The van der Waals surface area contributed by atoms with Gasteiger partial charge in [0.2, 0.25) is 5.91 Å². The highest BCUT2D eigenvalue weighted by Gasteiger charge is 2.12. The lowest BCUT2D eigenvalue weighted by atomic mass is 10.0. The molecule has 0 bridgehead atoms. The van der Waals surface area contributed by atoms with Gasteiger partial charge in [-0.25, -0.2) is 0 Å². The monoisotopic (exact) mass is 233 g/mol. The molecule has 2 aliphatic rings. The average molecular weight is 233 g/mol. The van der Waals surface area contributed by atoms with Gasteiger partial charge in [0, 0.05) is 6.42 Å². The van der Waals surface area contributed by atoms with E-state index in [1.807, 2.05) is 0 Å². The van der Waals surface area contributed by atoms with E-state index in [-0.39, 0.29) is 6.42 Å².